The minimum atomic E-state index is 0.805. The second kappa shape index (κ2) is 16.9. The lowest BCUT2D eigenvalue weighted by Crippen LogP contribution is -2.20. The van der Waals surface area contributed by atoms with Crippen molar-refractivity contribution >= 4 is 23.2 Å². The summed E-state index contributed by atoms with van der Waals surface area (Å²) in [6.45, 7) is 11.1. The van der Waals surface area contributed by atoms with Gasteiger partial charge in [0, 0.05) is 23.6 Å². The molecule has 0 aromatic heterocycles. The van der Waals surface area contributed by atoms with Crippen LogP contribution in [0.15, 0.2) is 140 Å². The van der Waals surface area contributed by atoms with E-state index >= 15 is 0 Å². The number of nitrogens with zero attached hydrogens (tertiary/aromatic N) is 1. The Kier molecular flexibility index (Phi) is 11.9. The van der Waals surface area contributed by atoms with E-state index in [2.05, 4.69) is 185 Å². The molecule has 0 bridgehead atoms. The first-order valence-electron chi connectivity index (χ1n) is 18.3. The third-order valence-electron chi connectivity index (χ3n) is 9.83. The maximum atomic E-state index is 6.24. The highest BCUT2D eigenvalue weighted by molar-refractivity contribution is 7.98. The van der Waals surface area contributed by atoms with Crippen LogP contribution in [-0.4, -0.2) is 29.5 Å². The molecule has 0 fully saturated rings. The van der Waals surface area contributed by atoms with Gasteiger partial charge in [-0.1, -0.05) is 134 Å². The van der Waals surface area contributed by atoms with Crippen LogP contribution in [0.1, 0.15) is 55.0 Å². The Bertz CT molecular complexity index is 2230. The highest BCUT2D eigenvalue weighted by Crippen LogP contribution is 2.43. The van der Waals surface area contributed by atoms with Gasteiger partial charge in [-0.05, 0) is 114 Å². The number of rotatable bonds is 12. The number of methoxy groups -OCH3 is 1. The molecule has 262 valence electrons. The average Bonchev–Trinajstić information content (AvgIpc) is 3.18. The Hall–Kier alpha value is -5.12. The number of ether oxygens (including phenoxy) is 1. The summed E-state index contributed by atoms with van der Waals surface area (Å²) in [5.74, 6) is 1.69. The van der Waals surface area contributed by atoms with Crippen molar-refractivity contribution in [2.24, 2.45) is 0 Å². The van der Waals surface area contributed by atoms with Gasteiger partial charge in [0.25, 0.3) is 0 Å². The summed E-state index contributed by atoms with van der Waals surface area (Å²) in [6, 6.07) is 48.4. The summed E-state index contributed by atoms with van der Waals surface area (Å²) in [6.07, 6.45) is 6.54. The second-order valence-corrected chi connectivity index (χ2v) is 14.2. The van der Waals surface area contributed by atoms with Crippen LogP contribution < -0.4 is 4.74 Å². The third-order valence-corrected chi connectivity index (χ3v) is 10.3. The number of hydrogen-bond acceptors (Lipinski definition) is 2. The molecule has 6 aromatic carbocycles. The first-order valence-corrected chi connectivity index (χ1v) is 19.7. The third kappa shape index (κ3) is 7.56. The molecule has 0 saturated carbocycles. The summed E-state index contributed by atoms with van der Waals surface area (Å²) in [5.41, 5.74) is 18.4. The lowest BCUT2D eigenvalue weighted by atomic mass is 9.85. The lowest BCUT2D eigenvalue weighted by molar-refractivity contribution is -0.407. The van der Waals surface area contributed by atoms with Crippen molar-refractivity contribution in [3.05, 3.63) is 167 Å². The molecule has 0 radical (unpaired) electrons. The molecule has 52 heavy (non-hydrogen) atoms. The van der Waals surface area contributed by atoms with Crippen LogP contribution in [-0.2, 0) is 6.42 Å². The van der Waals surface area contributed by atoms with E-state index < -0.39 is 0 Å². The molecular weight excluding hydrogens is 651 g/mol. The summed E-state index contributed by atoms with van der Waals surface area (Å²) < 4.78 is 8.73. The molecule has 0 aliphatic heterocycles. The van der Waals surface area contributed by atoms with E-state index in [0.717, 1.165) is 46.7 Å². The fourth-order valence-corrected chi connectivity index (χ4v) is 8.12. The van der Waals surface area contributed by atoms with Crippen molar-refractivity contribution in [1.29, 1.82) is 0 Å². The van der Waals surface area contributed by atoms with Crippen LogP contribution in [0, 0.1) is 13.8 Å². The normalized spacial score (nSPS) is 12.1. The van der Waals surface area contributed by atoms with Gasteiger partial charge >= 0.3 is 0 Å². The van der Waals surface area contributed by atoms with Gasteiger partial charge in [0.05, 0.1) is 12.7 Å². The molecule has 6 aromatic rings. The predicted octanol–water partition coefficient (Wildman–Crippen LogP) is 13.1. The molecule has 0 heterocycles. The minimum Gasteiger partial charge on any atom is -0.495 e. The predicted molar refractivity (Wildman–Crippen MR) is 227 cm³/mol. The molecule has 3 heteroatoms. The Morgan fingerprint density at radius 1 is 0.635 bits per heavy atom. The number of aryl methyl sites for hydroxylation is 2. The number of hydrogen-bond donors (Lipinski definition) is 0. The van der Waals surface area contributed by atoms with Crippen molar-refractivity contribution in [3.8, 4) is 50.3 Å². The SMILES string of the molecule is C/C=C(c1ccccc1-c1cc(C)cc(-c2ccccc2)c1OC)\[N+](CSC)=C(/C)c1ccccc1-c1cc(C)cc(-c2ccccc2)c1CCC. The van der Waals surface area contributed by atoms with Crippen LogP contribution in [0.4, 0.5) is 0 Å². The topological polar surface area (TPSA) is 12.2 Å². The Labute approximate surface area is 315 Å². The van der Waals surface area contributed by atoms with Crippen LogP contribution >= 0.6 is 11.8 Å². The number of allylic oxidation sites excluding steroid dienone is 1. The summed E-state index contributed by atoms with van der Waals surface area (Å²) >= 11 is 1.84. The summed E-state index contributed by atoms with van der Waals surface area (Å²) in [5, 5.41) is 0. The zero-order chi connectivity index (χ0) is 36.6. The zero-order valence-corrected chi connectivity index (χ0v) is 32.5. The molecule has 0 spiro atoms. The van der Waals surface area contributed by atoms with Gasteiger partial charge in [-0.15, -0.1) is 0 Å². The molecule has 0 atom stereocenters. The number of benzene rings is 6. The molecule has 0 aliphatic carbocycles. The van der Waals surface area contributed by atoms with Gasteiger partial charge in [0.2, 0.25) is 5.70 Å². The Balaban J connectivity index is 1.56. The number of thioether (sulfide) groups is 1. The Morgan fingerprint density at radius 3 is 1.71 bits per heavy atom. The first kappa shape index (κ1) is 36.7. The van der Waals surface area contributed by atoms with Gasteiger partial charge in [0.1, 0.15) is 5.75 Å². The van der Waals surface area contributed by atoms with Gasteiger partial charge in [-0.3, -0.25) is 0 Å². The fourth-order valence-electron chi connectivity index (χ4n) is 7.53. The molecule has 2 nitrogen and oxygen atoms in total. The van der Waals surface area contributed by atoms with Crippen molar-refractivity contribution in [1.82, 2.24) is 0 Å². The second-order valence-electron chi connectivity index (χ2n) is 13.4. The minimum absolute atomic E-state index is 0.805. The quantitative estimate of drug-likeness (QED) is 0.0716. The summed E-state index contributed by atoms with van der Waals surface area (Å²) in [4.78, 5) is 0. The monoisotopic (exact) mass is 700 g/mol. The highest BCUT2D eigenvalue weighted by atomic mass is 32.2. The first-order chi connectivity index (χ1) is 25.4. The van der Waals surface area contributed by atoms with Crippen LogP contribution in [0.3, 0.4) is 0 Å². The molecule has 0 unspecified atom stereocenters. The zero-order valence-electron chi connectivity index (χ0n) is 31.7. The maximum absolute atomic E-state index is 6.24. The van der Waals surface area contributed by atoms with Crippen molar-refractivity contribution in [2.45, 2.75) is 47.5 Å². The molecule has 0 N–H and O–H groups in total. The summed E-state index contributed by atoms with van der Waals surface area (Å²) in [7, 11) is 1.79. The maximum Gasteiger partial charge on any atom is 0.209 e. The smallest absolute Gasteiger partial charge is 0.209 e. The van der Waals surface area contributed by atoms with Gasteiger partial charge in [-0.2, -0.15) is 4.58 Å². The van der Waals surface area contributed by atoms with E-state index in [1.807, 2.05) is 11.8 Å². The molecular formula is C49H50NOS+. The molecule has 0 aliphatic rings. The van der Waals surface area contributed by atoms with E-state index in [1.165, 1.54) is 61.5 Å². The molecule has 6 rings (SSSR count). The van der Waals surface area contributed by atoms with Crippen molar-refractivity contribution < 1.29 is 9.31 Å². The van der Waals surface area contributed by atoms with Gasteiger partial charge in [-0.25, -0.2) is 0 Å². The lowest BCUT2D eigenvalue weighted by Gasteiger charge is -2.20. The van der Waals surface area contributed by atoms with E-state index in [0.29, 0.717) is 0 Å². The largest absolute Gasteiger partial charge is 0.495 e. The Morgan fingerprint density at radius 2 is 1.13 bits per heavy atom. The van der Waals surface area contributed by atoms with E-state index in [-0.39, 0.29) is 0 Å². The fraction of sp³-hybridized carbons (Fsp3) is 0.204. The van der Waals surface area contributed by atoms with E-state index in [9.17, 15) is 0 Å². The van der Waals surface area contributed by atoms with Gasteiger partial charge in [0.15, 0.2) is 11.6 Å². The van der Waals surface area contributed by atoms with Crippen LogP contribution in [0.5, 0.6) is 5.75 Å². The van der Waals surface area contributed by atoms with E-state index in [4.69, 9.17) is 4.74 Å². The molecule has 0 saturated heterocycles. The van der Waals surface area contributed by atoms with Crippen molar-refractivity contribution in [3.63, 3.8) is 0 Å². The van der Waals surface area contributed by atoms with E-state index in [1.54, 1.807) is 7.11 Å². The van der Waals surface area contributed by atoms with Gasteiger partial charge < -0.3 is 4.74 Å². The van der Waals surface area contributed by atoms with Crippen molar-refractivity contribution in [2.75, 3.05) is 19.2 Å². The van der Waals surface area contributed by atoms with Crippen LogP contribution in [0.25, 0.3) is 50.2 Å². The van der Waals surface area contributed by atoms with Crippen LogP contribution in [0.2, 0.25) is 0 Å². The average molecular weight is 701 g/mol. The highest BCUT2D eigenvalue weighted by Gasteiger charge is 2.26. The molecule has 0 amide bonds. The standard InChI is InChI=1S/C49H50NOS/c1-8-20-40-44(37-21-12-10-13-22-37)29-34(3)31-46(40)41-26-17-16-25-39(41)36(5)50(33-52-7)48(9-2)43-28-19-18-27-42(43)47-32-35(4)30-45(49(47)51-6)38-23-14-11-15-24-38/h9-19,21-32H,8,20,33H2,1-7H3/q+1/b48-9-,50-36+.